The second-order valence-electron chi connectivity index (χ2n) is 13.7. The number of hydrogen-bond donors (Lipinski definition) is 0. The van der Waals surface area contributed by atoms with E-state index in [1.807, 2.05) is 0 Å². The summed E-state index contributed by atoms with van der Waals surface area (Å²) in [7, 11) is 0. The van der Waals surface area contributed by atoms with Gasteiger partial charge in [0.05, 0.1) is 24.4 Å². The molecule has 2 atom stereocenters. The van der Waals surface area contributed by atoms with Gasteiger partial charge in [-0.3, -0.25) is 4.79 Å². The molecule has 0 N–H and O–H groups in total. The first-order chi connectivity index (χ1) is 22.4. The Hall–Kier alpha value is -4.16. The predicted molar refractivity (Wildman–Crippen MR) is 180 cm³/mol. The van der Waals surface area contributed by atoms with Crippen LogP contribution in [0.5, 0.6) is 6.01 Å². The molecule has 3 fully saturated rings. The van der Waals surface area contributed by atoms with E-state index in [4.69, 9.17) is 26.0 Å². The largest absolute Gasteiger partial charge is 0.461 e. The van der Waals surface area contributed by atoms with E-state index in [1.165, 1.54) is 60.2 Å². The molecule has 46 heavy (non-hydrogen) atoms. The van der Waals surface area contributed by atoms with Crippen LogP contribution in [0.2, 0.25) is 0 Å². The third-order valence-electron chi connectivity index (χ3n) is 10.6. The zero-order chi connectivity index (χ0) is 31.8. The molecule has 2 saturated carbocycles. The second kappa shape index (κ2) is 12.6. The number of carbonyl (C=O) groups is 1. The molecule has 0 radical (unpaired) electrons. The van der Waals surface area contributed by atoms with E-state index in [0.29, 0.717) is 50.3 Å². The fourth-order valence-corrected chi connectivity index (χ4v) is 8.05. The number of carbonyl (C=O) groups excluding carboxylic acids is 1. The van der Waals surface area contributed by atoms with Crippen molar-refractivity contribution in [3.8, 4) is 6.01 Å². The molecule has 2 aliphatic heterocycles. The molecule has 9 heteroatoms. The number of piperazine rings is 1. The normalized spacial score (nSPS) is 21.2. The van der Waals surface area contributed by atoms with Gasteiger partial charge in [-0.2, -0.15) is 9.97 Å². The molecule has 1 saturated heterocycles. The van der Waals surface area contributed by atoms with Crippen molar-refractivity contribution in [3.63, 3.8) is 0 Å². The van der Waals surface area contributed by atoms with Crippen LogP contribution in [0, 0.1) is 18.9 Å². The highest BCUT2D eigenvalue weighted by Crippen LogP contribution is 2.56. The van der Waals surface area contributed by atoms with Crippen molar-refractivity contribution in [3.05, 3.63) is 77.3 Å². The lowest BCUT2D eigenvalue weighted by Gasteiger charge is -2.54. The zero-order valence-electron chi connectivity index (χ0n) is 27.1. The Morgan fingerprint density at radius 3 is 2.70 bits per heavy atom. The average Bonchev–Trinajstić information content (AvgIpc) is 3.03. The van der Waals surface area contributed by atoms with Gasteiger partial charge in [0.1, 0.15) is 18.5 Å². The molecule has 9 nitrogen and oxygen atoms in total. The van der Waals surface area contributed by atoms with Gasteiger partial charge in [-0.1, -0.05) is 43.3 Å². The van der Waals surface area contributed by atoms with E-state index >= 15 is 0 Å². The first-order valence-corrected chi connectivity index (χ1v) is 16.8. The van der Waals surface area contributed by atoms with Gasteiger partial charge in [-0.05, 0) is 74.5 Å². The summed E-state index contributed by atoms with van der Waals surface area (Å²) in [4.78, 5) is 32.7. The minimum atomic E-state index is -0.236. The molecule has 2 aliphatic carbocycles. The van der Waals surface area contributed by atoms with Crippen LogP contribution in [0.3, 0.4) is 0 Å². The molecule has 2 aromatic carbocycles. The van der Waals surface area contributed by atoms with Crippen LogP contribution in [0.25, 0.3) is 15.6 Å². The summed E-state index contributed by atoms with van der Waals surface area (Å²) in [5.74, 6) is 0.723. The Morgan fingerprint density at radius 2 is 1.96 bits per heavy atom. The molecule has 1 spiro atoms. The first-order valence-electron chi connectivity index (χ1n) is 16.8. The topological polar surface area (TPSA) is 75.4 Å². The number of ether oxygens (including phenoxy) is 2. The maximum absolute atomic E-state index is 12.6. The highest BCUT2D eigenvalue weighted by Gasteiger charge is 2.49. The lowest BCUT2D eigenvalue weighted by molar-refractivity contribution is -0.144. The molecule has 4 aliphatic rings. The first kappa shape index (κ1) is 30.5. The van der Waals surface area contributed by atoms with Gasteiger partial charge >= 0.3 is 6.01 Å². The maximum Gasteiger partial charge on any atom is 0.318 e. The molecule has 1 amide bonds. The average molecular weight is 621 g/mol. The van der Waals surface area contributed by atoms with Gasteiger partial charge in [0, 0.05) is 42.8 Å². The zero-order valence-corrected chi connectivity index (χ0v) is 27.1. The van der Waals surface area contributed by atoms with Gasteiger partial charge in [0.15, 0.2) is 0 Å². The van der Waals surface area contributed by atoms with Crippen molar-refractivity contribution < 1.29 is 14.3 Å². The maximum atomic E-state index is 12.6. The van der Waals surface area contributed by atoms with Crippen molar-refractivity contribution in [2.24, 2.45) is 5.41 Å². The predicted octanol–water partition coefficient (Wildman–Crippen LogP) is 5.74. The molecule has 0 bridgehead atoms. The van der Waals surface area contributed by atoms with Crippen LogP contribution in [0.4, 0.5) is 11.5 Å². The molecule has 3 heterocycles. The SMILES string of the molecule is [C-]#[N+]C[C@H]1CN(c2nc(OC[C@H](C)OC3CC4(CCC4)C3)nc3c2CCN(c2cccc4cccc(C)c24)C3)CCN1C(=O)C=C. The van der Waals surface area contributed by atoms with E-state index in [2.05, 4.69) is 71.5 Å². The molecule has 3 aromatic rings. The Balaban J connectivity index is 1.15. The highest BCUT2D eigenvalue weighted by molar-refractivity contribution is 5.97. The number of aryl methyl sites for hydroxylation is 1. The molecule has 7 rings (SSSR count). The number of aromatic nitrogens is 2. The van der Waals surface area contributed by atoms with Crippen LogP contribution < -0.4 is 14.5 Å². The Kier molecular flexibility index (Phi) is 8.33. The molecular formula is C37H44N6O3. The Labute approximate surface area is 272 Å². The molecule has 0 unspecified atom stereocenters. The summed E-state index contributed by atoms with van der Waals surface area (Å²) in [6.07, 6.45) is 8.81. The number of nitrogens with zero attached hydrogens (tertiary/aromatic N) is 6. The highest BCUT2D eigenvalue weighted by atomic mass is 16.5. The standard InChI is InChI=1S/C37H44N6O3/c1-5-33(44)43-18-17-42(22-28(43)21-38-4)35-30-13-16-41(32-12-7-11-27-10-6-9-25(2)34(27)32)23-31(30)39-36(40-35)45-24-26(3)46-29-19-37(20-29)14-8-15-37/h5-7,9-12,26,28-29H,1,8,13-24H2,2-3H3/t26-,28-/m0/s1. The summed E-state index contributed by atoms with van der Waals surface area (Å²) in [6, 6.07) is 13.1. The van der Waals surface area contributed by atoms with E-state index < -0.39 is 0 Å². The van der Waals surface area contributed by atoms with Crippen molar-refractivity contribution in [1.82, 2.24) is 14.9 Å². The lowest BCUT2D eigenvalue weighted by atomic mass is 9.55. The lowest BCUT2D eigenvalue weighted by Crippen LogP contribution is -2.56. The van der Waals surface area contributed by atoms with Crippen molar-refractivity contribution in [2.45, 2.75) is 77.2 Å². The summed E-state index contributed by atoms with van der Waals surface area (Å²) in [5.41, 5.74) is 5.12. The van der Waals surface area contributed by atoms with Crippen molar-refractivity contribution in [2.75, 3.05) is 49.1 Å². The Bertz CT molecular complexity index is 1670. The number of benzene rings is 2. The van der Waals surface area contributed by atoms with E-state index in [0.717, 1.165) is 30.0 Å². The van der Waals surface area contributed by atoms with Crippen LogP contribution in [0.15, 0.2) is 49.1 Å². The van der Waals surface area contributed by atoms with Crippen LogP contribution in [0.1, 0.15) is 55.8 Å². The Morgan fingerprint density at radius 1 is 1.15 bits per heavy atom. The minimum absolute atomic E-state index is 0.0582. The number of anilines is 2. The van der Waals surface area contributed by atoms with Gasteiger partial charge in [-0.15, -0.1) is 0 Å². The smallest absolute Gasteiger partial charge is 0.318 e. The number of hydrogen-bond acceptors (Lipinski definition) is 7. The van der Waals surface area contributed by atoms with E-state index in [1.54, 1.807) is 4.90 Å². The number of rotatable bonds is 9. The van der Waals surface area contributed by atoms with Gasteiger partial charge in [-0.25, -0.2) is 6.57 Å². The van der Waals surface area contributed by atoms with Crippen LogP contribution in [-0.2, 0) is 22.5 Å². The van der Waals surface area contributed by atoms with E-state index in [9.17, 15) is 4.79 Å². The summed E-state index contributed by atoms with van der Waals surface area (Å²) in [6.45, 7) is 19.2. The fourth-order valence-electron chi connectivity index (χ4n) is 8.05. The van der Waals surface area contributed by atoms with Crippen molar-refractivity contribution in [1.29, 1.82) is 0 Å². The van der Waals surface area contributed by atoms with Crippen LogP contribution in [-0.4, -0.2) is 78.4 Å². The number of fused-ring (bicyclic) bond motifs is 2. The third kappa shape index (κ3) is 5.79. The number of amides is 1. The third-order valence-corrected chi connectivity index (χ3v) is 10.6. The van der Waals surface area contributed by atoms with Crippen molar-refractivity contribution >= 4 is 28.2 Å². The summed E-state index contributed by atoms with van der Waals surface area (Å²) < 4.78 is 12.6. The monoisotopic (exact) mass is 620 g/mol. The molecule has 240 valence electrons. The minimum Gasteiger partial charge on any atom is -0.461 e. The molecule has 1 aromatic heterocycles. The van der Waals surface area contributed by atoms with E-state index in [-0.39, 0.29) is 24.6 Å². The summed E-state index contributed by atoms with van der Waals surface area (Å²) >= 11 is 0. The van der Waals surface area contributed by atoms with Gasteiger partial charge in [0.25, 0.3) is 0 Å². The van der Waals surface area contributed by atoms with Gasteiger partial charge < -0.3 is 29.0 Å². The molecular weight excluding hydrogens is 576 g/mol. The summed E-state index contributed by atoms with van der Waals surface area (Å²) in [5, 5.41) is 2.51. The van der Waals surface area contributed by atoms with Gasteiger partial charge in [0.2, 0.25) is 12.5 Å². The van der Waals surface area contributed by atoms with Crippen LogP contribution >= 0.6 is 0 Å². The quantitative estimate of drug-likeness (QED) is 0.223. The second-order valence-corrected chi connectivity index (χ2v) is 13.7. The fraction of sp³-hybridized carbons (Fsp3) is 0.514.